The monoisotopic (exact) mass is 651 g/mol. The second-order valence-electron chi connectivity index (χ2n) is 14.5. The molecule has 0 aromatic heterocycles. The second-order valence-corrected chi connectivity index (χ2v) is 14.5. The summed E-state index contributed by atoms with van der Waals surface area (Å²) in [6, 6.07) is 69.7. The Morgan fingerprint density at radius 1 is 0.373 bits per heavy atom. The molecule has 2 aliphatic rings. The van der Waals surface area contributed by atoms with Gasteiger partial charge in [-0.15, -0.1) is 0 Å². The van der Waals surface area contributed by atoms with E-state index in [1.807, 2.05) is 0 Å². The third-order valence-electron chi connectivity index (χ3n) is 11.5. The lowest BCUT2D eigenvalue weighted by Gasteiger charge is -2.35. The summed E-state index contributed by atoms with van der Waals surface area (Å²) in [5, 5.41) is 2.55. The molecule has 0 bridgehead atoms. The molecule has 0 aliphatic heterocycles. The summed E-state index contributed by atoms with van der Waals surface area (Å²) >= 11 is 0. The molecular weight excluding hydrogens is 615 g/mol. The van der Waals surface area contributed by atoms with Crippen LogP contribution in [0.2, 0.25) is 0 Å². The van der Waals surface area contributed by atoms with Gasteiger partial charge >= 0.3 is 0 Å². The minimum atomic E-state index is -0.503. The Morgan fingerprint density at radius 3 is 1.63 bits per heavy atom. The first kappa shape index (κ1) is 29.7. The van der Waals surface area contributed by atoms with E-state index >= 15 is 0 Å². The van der Waals surface area contributed by atoms with Crippen LogP contribution in [0.5, 0.6) is 0 Å². The Morgan fingerprint density at radius 2 is 0.922 bits per heavy atom. The minimum absolute atomic E-state index is 0.0965. The summed E-state index contributed by atoms with van der Waals surface area (Å²) in [5.41, 5.74) is 16.0. The average molecular weight is 652 g/mol. The maximum absolute atomic E-state index is 2.48. The van der Waals surface area contributed by atoms with E-state index < -0.39 is 5.41 Å². The zero-order valence-corrected chi connectivity index (χ0v) is 28.8. The lowest BCUT2D eigenvalue weighted by Crippen LogP contribution is -2.28. The predicted molar refractivity (Wildman–Crippen MR) is 213 cm³/mol. The number of nitrogens with zero attached hydrogens (tertiary/aromatic N) is 1. The van der Waals surface area contributed by atoms with Crippen LogP contribution in [0.1, 0.15) is 47.2 Å². The molecule has 2 aliphatic carbocycles. The lowest BCUT2D eigenvalue weighted by atomic mass is 9.67. The standard InChI is InChI=1S/C50H37N/c1-49(2)44-25-15-14-24-41(44)42-29-27-38(32-46(42)49)51(37-21-10-5-11-22-37)39-28-30-43-47(33-39)50(35-17-6-3-7-18-35,36-19-8-4-9-20-36)45-31-26-34-16-12-13-23-40(34)48(43)45/h3-33H,1-2H3. The van der Waals surface area contributed by atoms with E-state index in [9.17, 15) is 0 Å². The Labute approximate surface area is 300 Å². The maximum Gasteiger partial charge on any atom is 0.0714 e. The Balaban J connectivity index is 1.26. The zero-order valence-electron chi connectivity index (χ0n) is 28.8. The van der Waals surface area contributed by atoms with E-state index in [1.165, 1.54) is 66.4 Å². The van der Waals surface area contributed by atoms with Gasteiger partial charge in [-0.3, -0.25) is 0 Å². The van der Waals surface area contributed by atoms with Crippen molar-refractivity contribution >= 4 is 27.8 Å². The largest absolute Gasteiger partial charge is 0.310 e. The third kappa shape index (κ3) is 4.22. The smallest absolute Gasteiger partial charge is 0.0714 e. The highest BCUT2D eigenvalue weighted by molar-refractivity contribution is 6.04. The molecule has 0 heterocycles. The van der Waals surface area contributed by atoms with Gasteiger partial charge in [0, 0.05) is 22.5 Å². The Kier molecular flexibility index (Phi) is 6.51. The van der Waals surface area contributed by atoms with Gasteiger partial charge in [0.1, 0.15) is 0 Å². The van der Waals surface area contributed by atoms with Crippen LogP contribution in [-0.2, 0) is 10.8 Å². The fraction of sp³-hybridized carbons (Fsp3) is 0.0800. The highest BCUT2D eigenvalue weighted by Gasteiger charge is 2.47. The van der Waals surface area contributed by atoms with Gasteiger partial charge in [-0.25, -0.2) is 0 Å². The van der Waals surface area contributed by atoms with Gasteiger partial charge in [0.05, 0.1) is 5.41 Å². The van der Waals surface area contributed by atoms with E-state index in [4.69, 9.17) is 0 Å². The van der Waals surface area contributed by atoms with Crippen LogP contribution in [0.25, 0.3) is 33.0 Å². The SMILES string of the molecule is CC1(C)c2ccccc2-c2ccc(N(c3ccccc3)c3ccc4c(c3)C(c3ccccc3)(c3ccccc3)c3ccc5ccccc5c3-4)cc21. The highest BCUT2D eigenvalue weighted by atomic mass is 15.1. The van der Waals surface area contributed by atoms with E-state index in [1.54, 1.807) is 0 Å². The van der Waals surface area contributed by atoms with E-state index in [2.05, 4.69) is 207 Å². The zero-order chi connectivity index (χ0) is 34.2. The number of para-hydroxylation sites is 1. The molecule has 0 N–H and O–H groups in total. The molecular formula is C50H37N. The number of anilines is 3. The van der Waals surface area contributed by atoms with Crippen molar-refractivity contribution in [3.05, 3.63) is 221 Å². The average Bonchev–Trinajstić information content (AvgIpc) is 3.62. The first-order valence-electron chi connectivity index (χ1n) is 17.9. The molecule has 10 rings (SSSR count). The van der Waals surface area contributed by atoms with Crippen LogP contribution >= 0.6 is 0 Å². The Hall–Kier alpha value is -6.18. The quantitative estimate of drug-likeness (QED) is 0.179. The van der Waals surface area contributed by atoms with Gasteiger partial charge in [-0.05, 0) is 103 Å². The number of hydrogen-bond donors (Lipinski definition) is 0. The first-order chi connectivity index (χ1) is 25.1. The van der Waals surface area contributed by atoms with Crippen LogP contribution in [0.4, 0.5) is 17.1 Å². The number of fused-ring (bicyclic) bond motifs is 8. The lowest BCUT2D eigenvalue weighted by molar-refractivity contribution is 0.660. The van der Waals surface area contributed by atoms with Crippen molar-refractivity contribution in [2.24, 2.45) is 0 Å². The van der Waals surface area contributed by atoms with Crippen molar-refractivity contribution in [3.8, 4) is 22.3 Å². The topological polar surface area (TPSA) is 3.24 Å². The van der Waals surface area contributed by atoms with Crippen molar-refractivity contribution in [2.45, 2.75) is 24.7 Å². The Bertz CT molecular complexity index is 2560. The summed E-state index contributed by atoms with van der Waals surface area (Å²) in [6.07, 6.45) is 0. The second kappa shape index (κ2) is 11.2. The number of benzene rings is 8. The van der Waals surface area contributed by atoms with Crippen LogP contribution in [0.3, 0.4) is 0 Å². The van der Waals surface area contributed by atoms with E-state index in [-0.39, 0.29) is 5.41 Å². The van der Waals surface area contributed by atoms with Crippen molar-refractivity contribution in [2.75, 3.05) is 4.90 Å². The van der Waals surface area contributed by atoms with Crippen LogP contribution in [-0.4, -0.2) is 0 Å². The molecule has 0 fully saturated rings. The normalized spacial score (nSPS) is 14.4. The molecule has 0 spiro atoms. The molecule has 51 heavy (non-hydrogen) atoms. The predicted octanol–water partition coefficient (Wildman–Crippen LogP) is 13.0. The summed E-state index contributed by atoms with van der Waals surface area (Å²) in [6.45, 7) is 4.72. The van der Waals surface area contributed by atoms with Crippen molar-refractivity contribution < 1.29 is 0 Å². The van der Waals surface area contributed by atoms with Crippen LogP contribution < -0.4 is 4.90 Å². The molecule has 0 unspecified atom stereocenters. The molecule has 1 heteroatoms. The van der Waals surface area contributed by atoms with Gasteiger partial charge in [0.15, 0.2) is 0 Å². The number of hydrogen-bond acceptors (Lipinski definition) is 1. The summed E-state index contributed by atoms with van der Waals surface area (Å²) in [5.74, 6) is 0. The fourth-order valence-electron chi connectivity index (χ4n) is 9.24. The summed E-state index contributed by atoms with van der Waals surface area (Å²) in [4.78, 5) is 2.45. The molecule has 8 aromatic rings. The molecule has 8 aromatic carbocycles. The molecule has 1 nitrogen and oxygen atoms in total. The minimum Gasteiger partial charge on any atom is -0.310 e. The van der Waals surface area contributed by atoms with Crippen molar-refractivity contribution in [1.82, 2.24) is 0 Å². The van der Waals surface area contributed by atoms with Crippen molar-refractivity contribution in [3.63, 3.8) is 0 Å². The van der Waals surface area contributed by atoms with Crippen LogP contribution in [0.15, 0.2) is 188 Å². The molecule has 0 saturated heterocycles. The molecule has 242 valence electrons. The maximum atomic E-state index is 2.48. The highest BCUT2D eigenvalue weighted by Crippen LogP contribution is 2.59. The van der Waals surface area contributed by atoms with Gasteiger partial charge in [0.25, 0.3) is 0 Å². The van der Waals surface area contributed by atoms with Gasteiger partial charge < -0.3 is 4.90 Å². The molecule has 0 radical (unpaired) electrons. The van der Waals surface area contributed by atoms with Crippen LogP contribution in [0, 0.1) is 0 Å². The summed E-state index contributed by atoms with van der Waals surface area (Å²) < 4.78 is 0. The third-order valence-corrected chi connectivity index (χ3v) is 11.5. The summed E-state index contributed by atoms with van der Waals surface area (Å²) in [7, 11) is 0. The van der Waals surface area contributed by atoms with Gasteiger partial charge in [-0.1, -0.05) is 166 Å². The first-order valence-corrected chi connectivity index (χ1v) is 17.9. The molecule has 0 saturated carbocycles. The van der Waals surface area contributed by atoms with E-state index in [0.717, 1.165) is 17.1 Å². The van der Waals surface area contributed by atoms with Gasteiger partial charge in [0.2, 0.25) is 0 Å². The van der Waals surface area contributed by atoms with Crippen molar-refractivity contribution in [1.29, 1.82) is 0 Å². The van der Waals surface area contributed by atoms with E-state index in [0.29, 0.717) is 0 Å². The fourth-order valence-corrected chi connectivity index (χ4v) is 9.24. The molecule has 0 amide bonds. The molecule has 0 atom stereocenters. The van der Waals surface area contributed by atoms with Gasteiger partial charge in [-0.2, -0.15) is 0 Å². The number of rotatable bonds is 5.